The standard InChI is InChI=1S/C18H6F8O/c19-11-8(10-13(21)16(24)18(26)17(25)14(10)22)6-9(12(20)15(11)23)27-7-4-2-1-3-5-7/h1-6H. The van der Waals surface area contributed by atoms with Gasteiger partial charge in [-0.25, -0.2) is 30.7 Å². The van der Waals surface area contributed by atoms with Crippen LogP contribution in [-0.4, -0.2) is 0 Å². The minimum Gasteiger partial charge on any atom is -0.454 e. The lowest BCUT2D eigenvalue weighted by molar-refractivity contribution is 0.378. The lowest BCUT2D eigenvalue weighted by Crippen LogP contribution is -2.07. The van der Waals surface area contributed by atoms with Crippen LogP contribution in [0.15, 0.2) is 36.4 Å². The van der Waals surface area contributed by atoms with Crippen LogP contribution in [0.4, 0.5) is 35.1 Å². The summed E-state index contributed by atoms with van der Waals surface area (Å²) < 4.78 is 115. The molecule has 0 aliphatic carbocycles. The number of rotatable bonds is 3. The van der Waals surface area contributed by atoms with Gasteiger partial charge in [0, 0.05) is 5.56 Å². The quantitative estimate of drug-likeness (QED) is 0.291. The van der Waals surface area contributed by atoms with Gasteiger partial charge in [-0.05, 0) is 18.2 Å². The summed E-state index contributed by atoms with van der Waals surface area (Å²) in [4.78, 5) is 0. The number of hydrogen-bond acceptors (Lipinski definition) is 1. The smallest absolute Gasteiger partial charge is 0.204 e. The highest BCUT2D eigenvalue weighted by Crippen LogP contribution is 2.38. The van der Waals surface area contributed by atoms with E-state index >= 15 is 0 Å². The molecule has 27 heavy (non-hydrogen) atoms. The Hall–Kier alpha value is -3.10. The Morgan fingerprint density at radius 3 is 1.56 bits per heavy atom. The van der Waals surface area contributed by atoms with E-state index in [1.54, 1.807) is 6.07 Å². The van der Waals surface area contributed by atoms with E-state index in [-0.39, 0.29) is 5.75 Å². The molecule has 0 aliphatic heterocycles. The average molecular weight is 390 g/mol. The van der Waals surface area contributed by atoms with Crippen molar-refractivity contribution < 1.29 is 39.9 Å². The molecular formula is C18H6F8O. The van der Waals surface area contributed by atoms with Crippen molar-refractivity contribution in [3.63, 3.8) is 0 Å². The molecule has 3 rings (SSSR count). The van der Waals surface area contributed by atoms with Crippen molar-refractivity contribution in [3.8, 4) is 22.6 Å². The second-order valence-electron chi connectivity index (χ2n) is 5.22. The van der Waals surface area contributed by atoms with Gasteiger partial charge in [-0.1, -0.05) is 18.2 Å². The molecule has 0 N–H and O–H groups in total. The third kappa shape index (κ3) is 3.09. The van der Waals surface area contributed by atoms with Gasteiger partial charge in [0.15, 0.2) is 40.7 Å². The van der Waals surface area contributed by atoms with Crippen molar-refractivity contribution in [1.29, 1.82) is 0 Å². The van der Waals surface area contributed by atoms with Gasteiger partial charge in [0.25, 0.3) is 0 Å². The Kier molecular flexibility index (Phi) is 4.77. The predicted octanol–water partition coefficient (Wildman–Crippen LogP) is 6.26. The molecule has 0 unspecified atom stereocenters. The van der Waals surface area contributed by atoms with Gasteiger partial charge >= 0.3 is 0 Å². The molecule has 9 heteroatoms. The summed E-state index contributed by atoms with van der Waals surface area (Å²) in [6, 6.07) is 7.39. The van der Waals surface area contributed by atoms with Crippen LogP contribution in [0.3, 0.4) is 0 Å². The van der Waals surface area contributed by atoms with Gasteiger partial charge in [-0.3, -0.25) is 0 Å². The van der Waals surface area contributed by atoms with E-state index in [9.17, 15) is 35.1 Å². The largest absolute Gasteiger partial charge is 0.454 e. The highest BCUT2D eigenvalue weighted by atomic mass is 19.2. The summed E-state index contributed by atoms with van der Waals surface area (Å²) in [5.74, 6) is -19.3. The number of halogens is 8. The highest BCUT2D eigenvalue weighted by molar-refractivity contribution is 5.68. The molecule has 0 bridgehead atoms. The average Bonchev–Trinajstić information content (AvgIpc) is 2.67. The van der Waals surface area contributed by atoms with E-state index in [1.807, 2.05) is 0 Å². The first kappa shape index (κ1) is 18.7. The van der Waals surface area contributed by atoms with Crippen molar-refractivity contribution in [1.82, 2.24) is 0 Å². The third-order valence-electron chi connectivity index (χ3n) is 3.56. The number of benzene rings is 3. The Morgan fingerprint density at radius 2 is 1.00 bits per heavy atom. The monoisotopic (exact) mass is 390 g/mol. The minimum absolute atomic E-state index is 0.0502. The van der Waals surface area contributed by atoms with E-state index < -0.39 is 63.4 Å². The fourth-order valence-electron chi connectivity index (χ4n) is 2.29. The van der Waals surface area contributed by atoms with Crippen molar-refractivity contribution in [2.45, 2.75) is 0 Å². The maximum absolute atomic E-state index is 14.0. The van der Waals surface area contributed by atoms with Crippen LogP contribution in [0.1, 0.15) is 0 Å². The van der Waals surface area contributed by atoms with Crippen LogP contribution < -0.4 is 4.74 Å². The first-order valence-corrected chi connectivity index (χ1v) is 7.16. The second-order valence-corrected chi connectivity index (χ2v) is 5.22. The Balaban J connectivity index is 2.26. The molecule has 3 aromatic carbocycles. The molecule has 1 nitrogen and oxygen atoms in total. The Labute approximate surface area is 146 Å². The summed E-state index contributed by atoms with van der Waals surface area (Å²) in [5.41, 5.74) is -3.15. The van der Waals surface area contributed by atoms with Gasteiger partial charge < -0.3 is 4.74 Å². The van der Waals surface area contributed by atoms with E-state index in [0.717, 1.165) is 0 Å². The Morgan fingerprint density at radius 1 is 0.519 bits per heavy atom. The molecule has 0 fully saturated rings. The molecule has 0 atom stereocenters. The molecule has 0 spiro atoms. The number of para-hydroxylation sites is 1. The third-order valence-corrected chi connectivity index (χ3v) is 3.56. The van der Waals surface area contributed by atoms with Crippen LogP contribution in [0, 0.1) is 46.5 Å². The van der Waals surface area contributed by atoms with Gasteiger partial charge in [-0.2, -0.15) is 4.39 Å². The topological polar surface area (TPSA) is 9.23 Å². The highest BCUT2D eigenvalue weighted by Gasteiger charge is 2.31. The first-order chi connectivity index (χ1) is 12.7. The van der Waals surface area contributed by atoms with Crippen LogP contribution in [0.2, 0.25) is 0 Å². The van der Waals surface area contributed by atoms with Crippen molar-refractivity contribution in [3.05, 3.63) is 82.9 Å². The molecule has 0 heterocycles. The molecule has 0 amide bonds. The van der Waals surface area contributed by atoms with E-state index in [1.165, 1.54) is 24.3 Å². The maximum atomic E-state index is 14.0. The lowest BCUT2D eigenvalue weighted by atomic mass is 10.0. The summed E-state index contributed by atoms with van der Waals surface area (Å²) in [6.45, 7) is 0. The zero-order valence-corrected chi connectivity index (χ0v) is 12.9. The molecular weight excluding hydrogens is 384 g/mol. The number of ether oxygens (including phenoxy) is 1. The maximum Gasteiger partial charge on any atom is 0.204 e. The van der Waals surface area contributed by atoms with Crippen LogP contribution in [0.5, 0.6) is 11.5 Å². The molecule has 0 saturated carbocycles. The fraction of sp³-hybridized carbons (Fsp3) is 0. The molecule has 3 aromatic rings. The predicted molar refractivity (Wildman–Crippen MR) is 78.1 cm³/mol. The first-order valence-electron chi connectivity index (χ1n) is 7.16. The van der Waals surface area contributed by atoms with Gasteiger partial charge in [-0.15, -0.1) is 0 Å². The van der Waals surface area contributed by atoms with Crippen molar-refractivity contribution in [2.24, 2.45) is 0 Å². The summed E-state index contributed by atoms with van der Waals surface area (Å²) in [5, 5.41) is 0. The normalized spacial score (nSPS) is 11.0. The number of hydrogen-bond donors (Lipinski definition) is 0. The summed E-state index contributed by atoms with van der Waals surface area (Å²) in [7, 11) is 0. The Bertz CT molecular complexity index is 1000. The molecule has 0 saturated heterocycles. The van der Waals surface area contributed by atoms with Crippen LogP contribution in [0.25, 0.3) is 11.1 Å². The fourth-order valence-corrected chi connectivity index (χ4v) is 2.29. The van der Waals surface area contributed by atoms with Crippen LogP contribution in [-0.2, 0) is 0 Å². The SMILES string of the molecule is Fc1c(Oc2ccccc2)cc(-c2c(F)c(F)c(F)c(F)c2F)c(F)c1F. The van der Waals surface area contributed by atoms with E-state index in [0.29, 0.717) is 6.07 Å². The molecule has 0 aromatic heterocycles. The van der Waals surface area contributed by atoms with Gasteiger partial charge in [0.05, 0.1) is 5.56 Å². The zero-order valence-electron chi connectivity index (χ0n) is 12.9. The lowest BCUT2D eigenvalue weighted by Gasteiger charge is -2.13. The van der Waals surface area contributed by atoms with Gasteiger partial charge in [0.1, 0.15) is 5.75 Å². The molecule has 0 aliphatic rings. The van der Waals surface area contributed by atoms with Crippen molar-refractivity contribution in [2.75, 3.05) is 0 Å². The second kappa shape index (κ2) is 6.90. The molecule has 140 valence electrons. The summed E-state index contributed by atoms with van der Waals surface area (Å²) in [6.07, 6.45) is 0. The van der Waals surface area contributed by atoms with Crippen LogP contribution >= 0.6 is 0 Å². The van der Waals surface area contributed by atoms with E-state index in [4.69, 9.17) is 4.74 Å². The summed E-state index contributed by atoms with van der Waals surface area (Å²) >= 11 is 0. The van der Waals surface area contributed by atoms with Crippen molar-refractivity contribution >= 4 is 0 Å². The van der Waals surface area contributed by atoms with Gasteiger partial charge in [0.2, 0.25) is 11.6 Å². The zero-order chi connectivity index (χ0) is 19.9. The van der Waals surface area contributed by atoms with E-state index in [2.05, 4.69) is 0 Å². The molecule has 0 radical (unpaired) electrons. The minimum atomic E-state index is -2.47.